The molecule has 2 amide bonds. The van der Waals surface area contributed by atoms with E-state index in [1.807, 2.05) is 0 Å². The molecule has 1 aromatic carbocycles. The van der Waals surface area contributed by atoms with Gasteiger partial charge in [0.25, 0.3) is 5.91 Å². The lowest BCUT2D eigenvalue weighted by Gasteiger charge is -2.19. The van der Waals surface area contributed by atoms with Gasteiger partial charge in [0, 0.05) is 23.8 Å². The van der Waals surface area contributed by atoms with Gasteiger partial charge in [-0.05, 0) is 36.3 Å². The molecule has 1 unspecified atom stereocenters. The van der Waals surface area contributed by atoms with Crippen LogP contribution in [0.3, 0.4) is 0 Å². The van der Waals surface area contributed by atoms with Crippen LogP contribution in [0, 0.1) is 11.7 Å². The zero-order valence-electron chi connectivity index (χ0n) is 14.8. The highest BCUT2D eigenvalue weighted by Gasteiger charge is 2.23. The molecular weight excluding hydrogens is 404 g/mol. The molecule has 2 N–H and O–H groups in total. The summed E-state index contributed by atoms with van der Waals surface area (Å²) in [6, 6.07) is 7.35. The van der Waals surface area contributed by atoms with Gasteiger partial charge in [-0.1, -0.05) is 41.4 Å². The molecule has 0 fully saturated rings. The van der Waals surface area contributed by atoms with Crippen molar-refractivity contribution in [3.8, 4) is 0 Å². The molecule has 8 heteroatoms. The van der Waals surface area contributed by atoms with E-state index in [1.165, 1.54) is 36.3 Å². The zero-order valence-corrected chi connectivity index (χ0v) is 16.3. The van der Waals surface area contributed by atoms with E-state index < -0.39 is 23.5 Å². The fraction of sp³-hybridized carbons (Fsp3) is 0.150. The summed E-state index contributed by atoms with van der Waals surface area (Å²) < 4.78 is 14.0. The van der Waals surface area contributed by atoms with Crippen LogP contribution in [-0.4, -0.2) is 23.8 Å². The minimum Gasteiger partial charge on any atom is -0.369 e. The third-order valence-electron chi connectivity index (χ3n) is 4.43. The molecule has 0 bridgehead atoms. The van der Waals surface area contributed by atoms with Gasteiger partial charge in [0.05, 0.1) is 16.5 Å². The first-order chi connectivity index (χ1) is 13.3. The number of nitrogens with two attached hydrogens (primary N) is 1. The number of halogens is 3. The first-order valence-electron chi connectivity index (χ1n) is 8.35. The quantitative estimate of drug-likeness (QED) is 0.807. The summed E-state index contributed by atoms with van der Waals surface area (Å²) in [5.41, 5.74) is 6.46. The van der Waals surface area contributed by atoms with Crippen LogP contribution in [0.15, 0.2) is 53.7 Å². The molecule has 1 heterocycles. The second kappa shape index (κ2) is 8.12. The third kappa shape index (κ3) is 3.93. The highest BCUT2D eigenvalue weighted by Crippen LogP contribution is 2.33. The monoisotopic (exact) mass is 419 g/mol. The summed E-state index contributed by atoms with van der Waals surface area (Å²) in [6.07, 6.45) is 5.41. The Morgan fingerprint density at radius 3 is 2.61 bits per heavy atom. The van der Waals surface area contributed by atoms with Crippen LogP contribution in [0.2, 0.25) is 5.02 Å². The number of hydrogen-bond acceptors (Lipinski definition) is 3. The van der Waals surface area contributed by atoms with Crippen molar-refractivity contribution in [2.45, 2.75) is 6.42 Å². The number of primary amides is 1. The molecule has 1 aliphatic carbocycles. The largest absolute Gasteiger partial charge is 0.369 e. The number of benzene rings is 1. The smallest absolute Gasteiger partial charge is 0.263 e. The van der Waals surface area contributed by atoms with E-state index in [0.717, 1.165) is 0 Å². The Balaban J connectivity index is 1.87. The lowest BCUT2D eigenvalue weighted by molar-refractivity contribution is -0.120. The van der Waals surface area contributed by atoms with E-state index in [0.29, 0.717) is 28.4 Å². The van der Waals surface area contributed by atoms with Gasteiger partial charge in [-0.15, -0.1) is 0 Å². The highest BCUT2D eigenvalue weighted by molar-refractivity contribution is 6.37. The van der Waals surface area contributed by atoms with Gasteiger partial charge in [-0.3, -0.25) is 14.5 Å². The lowest BCUT2D eigenvalue weighted by atomic mass is 9.92. The van der Waals surface area contributed by atoms with E-state index in [2.05, 4.69) is 4.98 Å². The number of allylic oxidation sites excluding steroid dienone is 3. The van der Waals surface area contributed by atoms with Crippen molar-refractivity contribution >= 4 is 46.4 Å². The molecule has 5 nitrogen and oxygen atoms in total. The maximum Gasteiger partial charge on any atom is 0.263 e. The first kappa shape index (κ1) is 20.0. The number of rotatable bonds is 4. The highest BCUT2D eigenvalue weighted by atomic mass is 35.5. The molecule has 0 saturated heterocycles. The average molecular weight is 420 g/mol. The van der Waals surface area contributed by atoms with Crippen molar-refractivity contribution in [3.63, 3.8) is 0 Å². The summed E-state index contributed by atoms with van der Waals surface area (Å²) in [5.74, 6) is -1.90. The maximum absolute atomic E-state index is 14.0. The van der Waals surface area contributed by atoms with Crippen molar-refractivity contribution in [1.29, 1.82) is 0 Å². The number of pyridine rings is 1. The number of hydrogen-bond donors (Lipinski definition) is 1. The molecule has 0 spiro atoms. The molecule has 0 aliphatic heterocycles. The van der Waals surface area contributed by atoms with Crippen LogP contribution in [0.1, 0.15) is 22.3 Å². The molecule has 2 aromatic rings. The Bertz CT molecular complexity index is 983. The van der Waals surface area contributed by atoms with Crippen LogP contribution in [0.5, 0.6) is 0 Å². The maximum atomic E-state index is 14.0. The number of nitrogens with zero attached hydrogens (tertiary/aromatic N) is 2. The third-order valence-corrected chi connectivity index (χ3v) is 5.10. The predicted molar refractivity (Wildman–Crippen MR) is 108 cm³/mol. The second-order valence-corrected chi connectivity index (χ2v) is 7.06. The molecule has 1 aromatic heterocycles. The van der Waals surface area contributed by atoms with Crippen molar-refractivity contribution in [1.82, 2.24) is 4.98 Å². The Kier molecular flexibility index (Phi) is 5.82. The molecular formula is C20H16Cl2FN3O2. The molecule has 144 valence electrons. The fourth-order valence-electron chi connectivity index (χ4n) is 2.84. The van der Waals surface area contributed by atoms with E-state index in [-0.39, 0.29) is 10.6 Å². The first-order valence-corrected chi connectivity index (χ1v) is 9.11. The SMILES string of the molecule is CN(C(=O)c1c(F)cccc1Cl)c1ccc(C2=CC(C(N)=O)CC=C2Cl)cn1. The van der Waals surface area contributed by atoms with Crippen molar-refractivity contribution in [3.05, 3.63) is 75.7 Å². The summed E-state index contributed by atoms with van der Waals surface area (Å²) >= 11 is 12.2. The number of carbonyl (C=O) groups is 2. The molecule has 0 saturated carbocycles. The Morgan fingerprint density at radius 2 is 2.00 bits per heavy atom. The van der Waals surface area contributed by atoms with Crippen LogP contribution < -0.4 is 10.6 Å². The topological polar surface area (TPSA) is 76.3 Å². The van der Waals surface area contributed by atoms with Gasteiger partial charge >= 0.3 is 0 Å². The Morgan fingerprint density at radius 1 is 1.25 bits per heavy atom. The van der Waals surface area contributed by atoms with Gasteiger partial charge < -0.3 is 5.73 Å². The van der Waals surface area contributed by atoms with Gasteiger partial charge in [-0.2, -0.15) is 0 Å². The second-order valence-electron chi connectivity index (χ2n) is 6.24. The van der Waals surface area contributed by atoms with Crippen molar-refractivity contribution in [2.24, 2.45) is 11.7 Å². The van der Waals surface area contributed by atoms with E-state index in [4.69, 9.17) is 28.9 Å². The Hall–Kier alpha value is -2.70. The van der Waals surface area contributed by atoms with Gasteiger partial charge in [-0.25, -0.2) is 9.37 Å². The average Bonchev–Trinajstić information content (AvgIpc) is 2.67. The lowest BCUT2D eigenvalue weighted by Crippen LogP contribution is -2.28. The fourth-order valence-corrected chi connectivity index (χ4v) is 3.34. The number of carbonyl (C=O) groups excluding carboxylic acids is 2. The number of aromatic nitrogens is 1. The van der Waals surface area contributed by atoms with Crippen molar-refractivity contribution < 1.29 is 14.0 Å². The Labute approximate surface area is 171 Å². The van der Waals surface area contributed by atoms with E-state index >= 15 is 0 Å². The van der Waals surface area contributed by atoms with Gasteiger partial charge in [0.2, 0.25) is 5.91 Å². The molecule has 0 radical (unpaired) electrons. The van der Waals surface area contributed by atoms with Crippen molar-refractivity contribution in [2.75, 3.05) is 11.9 Å². The standard InChI is InChI=1S/C20H16Cl2FN3O2/c1-26(20(28)18-15(22)3-2-4-16(18)23)17-8-6-12(10-25-17)13-9-11(19(24)27)5-7-14(13)21/h2-4,6-11H,5H2,1H3,(H2,24,27). The van der Waals surface area contributed by atoms with Crippen LogP contribution in [-0.2, 0) is 4.79 Å². The molecule has 3 rings (SSSR count). The molecule has 28 heavy (non-hydrogen) atoms. The van der Waals surface area contributed by atoms with E-state index in [1.54, 1.807) is 24.3 Å². The van der Waals surface area contributed by atoms with Gasteiger partial charge in [0.15, 0.2) is 0 Å². The van der Waals surface area contributed by atoms with Crippen LogP contribution in [0.25, 0.3) is 5.57 Å². The summed E-state index contributed by atoms with van der Waals surface area (Å²) in [4.78, 5) is 29.5. The number of anilines is 1. The normalized spacial score (nSPS) is 16.2. The van der Waals surface area contributed by atoms with E-state index in [9.17, 15) is 14.0 Å². The summed E-state index contributed by atoms with van der Waals surface area (Å²) in [5, 5.41) is 0.518. The van der Waals surface area contributed by atoms with Gasteiger partial charge in [0.1, 0.15) is 11.6 Å². The summed E-state index contributed by atoms with van der Waals surface area (Å²) in [7, 11) is 1.48. The molecule has 1 aliphatic rings. The van der Waals surface area contributed by atoms with Crippen LogP contribution >= 0.6 is 23.2 Å². The zero-order chi connectivity index (χ0) is 20.4. The molecule has 1 atom stereocenters. The summed E-state index contributed by atoms with van der Waals surface area (Å²) in [6.45, 7) is 0. The minimum atomic E-state index is -0.706. The minimum absolute atomic E-state index is 0.0234. The van der Waals surface area contributed by atoms with Crippen LogP contribution in [0.4, 0.5) is 10.2 Å². The predicted octanol–water partition coefficient (Wildman–Crippen LogP) is 4.16. The number of amides is 2.